The molecule has 2 N–H and O–H groups in total. The lowest BCUT2D eigenvalue weighted by atomic mass is 9.85. The van der Waals surface area contributed by atoms with Crippen LogP contribution in [0, 0.1) is 12.7 Å². The summed E-state index contributed by atoms with van der Waals surface area (Å²) in [5.74, 6) is -1.19. The third kappa shape index (κ3) is 3.69. The minimum Gasteiger partial charge on any atom is -0.494 e. The lowest BCUT2D eigenvalue weighted by Gasteiger charge is -2.22. The van der Waals surface area contributed by atoms with E-state index in [-0.39, 0.29) is 17.2 Å². The van der Waals surface area contributed by atoms with Gasteiger partial charge in [-0.15, -0.1) is 0 Å². The summed E-state index contributed by atoms with van der Waals surface area (Å²) in [4.78, 5) is 16.5. The van der Waals surface area contributed by atoms with E-state index < -0.39 is 11.8 Å². The molecule has 0 radical (unpaired) electrons. The van der Waals surface area contributed by atoms with Crippen molar-refractivity contribution in [3.63, 3.8) is 0 Å². The van der Waals surface area contributed by atoms with Crippen LogP contribution < -0.4 is 4.74 Å². The van der Waals surface area contributed by atoms with Crippen molar-refractivity contribution >= 4 is 27.8 Å². The van der Waals surface area contributed by atoms with E-state index in [1.165, 1.54) is 13.2 Å². The molecule has 3 aromatic carbocycles. The van der Waals surface area contributed by atoms with Crippen molar-refractivity contribution in [2.75, 3.05) is 7.11 Å². The number of fused-ring (bicyclic) bond motifs is 2. The third-order valence-electron chi connectivity index (χ3n) is 6.39. The Bertz CT molecular complexity index is 1600. The minimum absolute atomic E-state index is 0.0625. The van der Waals surface area contributed by atoms with Gasteiger partial charge in [-0.2, -0.15) is 5.10 Å². The van der Waals surface area contributed by atoms with Crippen LogP contribution in [-0.2, 0) is 0 Å². The number of nitrogens with zero attached hydrogens (tertiary/aromatic N) is 2. The topological polar surface area (TPSA) is 88.1 Å². The molecule has 35 heavy (non-hydrogen) atoms. The summed E-state index contributed by atoms with van der Waals surface area (Å²) in [6.07, 6.45) is 1.78. The summed E-state index contributed by atoms with van der Waals surface area (Å²) < 4.78 is 19.6. The molecule has 7 heteroatoms. The Kier molecular flexibility index (Phi) is 5.47. The number of hydrogen-bond acceptors (Lipinski definition) is 4. The molecule has 0 saturated carbocycles. The quantitative estimate of drug-likeness (QED) is 0.298. The Hall–Kier alpha value is -4.26. The Labute approximate surface area is 201 Å². The Morgan fingerprint density at radius 3 is 2.46 bits per heavy atom. The van der Waals surface area contributed by atoms with Crippen molar-refractivity contribution in [1.29, 1.82) is 0 Å². The van der Waals surface area contributed by atoms with Crippen LogP contribution in [-0.4, -0.2) is 33.4 Å². The van der Waals surface area contributed by atoms with Gasteiger partial charge in [0.2, 0.25) is 0 Å². The van der Waals surface area contributed by atoms with Crippen LogP contribution in [0.1, 0.15) is 41.3 Å². The van der Waals surface area contributed by atoms with E-state index in [0.717, 1.165) is 55.3 Å². The van der Waals surface area contributed by atoms with Gasteiger partial charge in [-0.25, -0.2) is 14.2 Å². The van der Waals surface area contributed by atoms with Gasteiger partial charge in [-0.05, 0) is 59.9 Å². The highest BCUT2D eigenvalue weighted by Gasteiger charge is 2.23. The van der Waals surface area contributed by atoms with Crippen LogP contribution in [0.5, 0.6) is 5.75 Å². The first kappa shape index (κ1) is 22.5. The van der Waals surface area contributed by atoms with E-state index in [9.17, 15) is 14.3 Å². The molecule has 0 bridgehead atoms. The fraction of sp³-hybridized carbons (Fsp3) is 0.179. The zero-order valence-corrected chi connectivity index (χ0v) is 19.8. The molecule has 176 valence electrons. The first-order valence-corrected chi connectivity index (χ1v) is 11.3. The number of rotatable bonds is 5. The SMILES string of the molecule is COc1cc(-c2c(C(C)C)c(-c3ccc(C(=O)O)cc3)nc3c(C)c4[nH]ncc4cc23)ccc1F. The van der Waals surface area contributed by atoms with E-state index >= 15 is 0 Å². The number of hydrogen-bond donors (Lipinski definition) is 2. The van der Waals surface area contributed by atoms with Crippen molar-refractivity contribution in [3.8, 4) is 28.1 Å². The molecule has 0 aliphatic rings. The summed E-state index contributed by atoms with van der Waals surface area (Å²) in [5.41, 5.74) is 7.14. The second-order valence-electron chi connectivity index (χ2n) is 8.87. The maximum atomic E-state index is 14.3. The number of carbonyl (C=O) groups is 1. The van der Waals surface area contributed by atoms with Crippen LogP contribution in [0.15, 0.2) is 54.7 Å². The predicted octanol–water partition coefficient (Wildman–Crippen LogP) is 6.72. The molecule has 0 fully saturated rings. The van der Waals surface area contributed by atoms with Crippen molar-refractivity contribution in [2.24, 2.45) is 0 Å². The normalized spacial score (nSPS) is 11.5. The molecular weight excluding hydrogens is 445 g/mol. The summed E-state index contributed by atoms with van der Waals surface area (Å²) in [6, 6.07) is 13.7. The van der Waals surface area contributed by atoms with Crippen molar-refractivity contribution in [2.45, 2.75) is 26.7 Å². The molecule has 0 amide bonds. The van der Waals surface area contributed by atoms with E-state index in [1.807, 2.05) is 6.92 Å². The Morgan fingerprint density at radius 1 is 1.09 bits per heavy atom. The van der Waals surface area contributed by atoms with Gasteiger partial charge in [-0.3, -0.25) is 5.10 Å². The molecule has 0 saturated heterocycles. The van der Waals surface area contributed by atoms with Gasteiger partial charge >= 0.3 is 5.97 Å². The Balaban J connectivity index is 1.94. The molecule has 2 heterocycles. The highest BCUT2D eigenvalue weighted by molar-refractivity contribution is 6.07. The molecule has 5 aromatic rings. The smallest absolute Gasteiger partial charge is 0.335 e. The number of aromatic carboxylic acids is 1. The summed E-state index contributed by atoms with van der Waals surface area (Å²) in [7, 11) is 1.45. The summed E-state index contributed by atoms with van der Waals surface area (Å²) >= 11 is 0. The number of H-pyrrole nitrogens is 1. The number of halogens is 1. The summed E-state index contributed by atoms with van der Waals surface area (Å²) in [5, 5.41) is 18.5. The molecule has 0 unspecified atom stereocenters. The number of aryl methyl sites for hydroxylation is 1. The molecule has 6 nitrogen and oxygen atoms in total. The molecule has 0 atom stereocenters. The number of nitrogens with one attached hydrogen (secondary N) is 1. The van der Waals surface area contributed by atoms with E-state index in [4.69, 9.17) is 9.72 Å². The largest absolute Gasteiger partial charge is 0.494 e. The highest BCUT2D eigenvalue weighted by atomic mass is 19.1. The monoisotopic (exact) mass is 469 g/mol. The Morgan fingerprint density at radius 2 is 1.80 bits per heavy atom. The summed E-state index contributed by atoms with van der Waals surface area (Å²) in [6.45, 7) is 6.17. The third-order valence-corrected chi connectivity index (χ3v) is 6.39. The zero-order chi connectivity index (χ0) is 24.9. The fourth-order valence-corrected chi connectivity index (χ4v) is 4.70. The number of methoxy groups -OCH3 is 1. The maximum absolute atomic E-state index is 14.3. The van der Waals surface area contributed by atoms with E-state index in [2.05, 4.69) is 30.1 Å². The number of benzene rings is 3. The van der Waals surface area contributed by atoms with Gasteiger partial charge in [0, 0.05) is 21.9 Å². The van der Waals surface area contributed by atoms with Gasteiger partial charge in [0.15, 0.2) is 11.6 Å². The highest BCUT2D eigenvalue weighted by Crippen LogP contribution is 2.43. The second-order valence-corrected chi connectivity index (χ2v) is 8.87. The number of aromatic amines is 1. The van der Waals surface area contributed by atoms with Gasteiger partial charge < -0.3 is 9.84 Å². The standard InChI is InChI=1S/C28H24FN3O3/c1-14(2)23-24(18-9-10-21(29)22(12-18)35-4)20-11-19-13-30-32-25(19)15(3)26(20)31-27(23)16-5-7-17(8-6-16)28(33)34/h5-14H,1-4H3,(H,30,32)(H,33,34). The predicted molar refractivity (Wildman–Crippen MR) is 135 cm³/mol. The first-order valence-electron chi connectivity index (χ1n) is 11.3. The van der Waals surface area contributed by atoms with Crippen LogP contribution in [0.25, 0.3) is 44.2 Å². The van der Waals surface area contributed by atoms with Gasteiger partial charge in [0.25, 0.3) is 0 Å². The van der Waals surface area contributed by atoms with Crippen LogP contribution in [0.4, 0.5) is 4.39 Å². The molecule has 5 rings (SSSR count). The number of pyridine rings is 1. The van der Waals surface area contributed by atoms with E-state index in [1.54, 1.807) is 42.6 Å². The van der Waals surface area contributed by atoms with Gasteiger partial charge in [-0.1, -0.05) is 32.0 Å². The first-order chi connectivity index (χ1) is 16.8. The zero-order valence-electron chi connectivity index (χ0n) is 19.8. The average Bonchev–Trinajstić information content (AvgIpc) is 3.32. The minimum atomic E-state index is -0.983. The number of ether oxygens (including phenoxy) is 1. The lowest BCUT2D eigenvalue weighted by molar-refractivity contribution is 0.0697. The van der Waals surface area contributed by atoms with Crippen LogP contribution >= 0.6 is 0 Å². The molecule has 0 spiro atoms. The number of carboxylic acids is 1. The second kappa shape index (κ2) is 8.51. The molecule has 0 aliphatic heterocycles. The van der Waals surface area contributed by atoms with Crippen LogP contribution in [0.2, 0.25) is 0 Å². The fourth-order valence-electron chi connectivity index (χ4n) is 4.70. The lowest BCUT2D eigenvalue weighted by Crippen LogP contribution is -2.03. The molecule has 0 aliphatic carbocycles. The molecular formula is C28H24FN3O3. The number of carboxylic acid groups (broad SMARTS) is 1. The maximum Gasteiger partial charge on any atom is 0.335 e. The average molecular weight is 470 g/mol. The van der Waals surface area contributed by atoms with Gasteiger partial charge in [0.1, 0.15) is 0 Å². The number of aromatic nitrogens is 3. The molecule has 2 aromatic heterocycles. The van der Waals surface area contributed by atoms with Crippen molar-refractivity contribution < 1.29 is 19.0 Å². The van der Waals surface area contributed by atoms with Crippen molar-refractivity contribution in [1.82, 2.24) is 15.2 Å². The van der Waals surface area contributed by atoms with Gasteiger partial charge in [0.05, 0.1) is 35.6 Å². The van der Waals surface area contributed by atoms with Crippen LogP contribution in [0.3, 0.4) is 0 Å². The van der Waals surface area contributed by atoms with E-state index in [0.29, 0.717) is 0 Å². The van der Waals surface area contributed by atoms with Crippen molar-refractivity contribution in [3.05, 3.63) is 77.2 Å².